The summed E-state index contributed by atoms with van der Waals surface area (Å²) in [4.78, 5) is 11.8. The minimum atomic E-state index is -3.67. The van der Waals surface area contributed by atoms with E-state index in [9.17, 15) is 18.3 Å². The van der Waals surface area contributed by atoms with E-state index in [1.807, 2.05) is 13.8 Å². The standard InChI is InChI=1S/C18H29N3O5S/c1-13(2)20-18(23)19-11-10-14-8-9-16(17(12-22)26-14)21-27(24,25)15-6-4-3-5-7-15/h3-7,13-14,16-17,21-22H,8-12H2,1-2H3,(H2,19,20,23)/t14-,16-,17-/m0/s1. The highest BCUT2D eigenvalue weighted by Crippen LogP contribution is 2.23. The van der Waals surface area contributed by atoms with E-state index in [4.69, 9.17) is 4.74 Å². The molecule has 8 nitrogen and oxygen atoms in total. The molecule has 27 heavy (non-hydrogen) atoms. The van der Waals surface area contributed by atoms with Crippen molar-refractivity contribution >= 4 is 16.1 Å². The molecule has 2 rings (SSSR count). The fourth-order valence-electron chi connectivity index (χ4n) is 3.01. The van der Waals surface area contributed by atoms with Gasteiger partial charge in [-0.3, -0.25) is 0 Å². The monoisotopic (exact) mass is 399 g/mol. The van der Waals surface area contributed by atoms with Crippen molar-refractivity contribution in [1.29, 1.82) is 0 Å². The molecule has 0 unspecified atom stereocenters. The van der Waals surface area contributed by atoms with Gasteiger partial charge in [0.25, 0.3) is 0 Å². The molecule has 2 amide bonds. The van der Waals surface area contributed by atoms with Crippen molar-refractivity contribution in [3.63, 3.8) is 0 Å². The number of ether oxygens (including phenoxy) is 1. The van der Waals surface area contributed by atoms with E-state index < -0.39 is 22.2 Å². The number of amides is 2. The van der Waals surface area contributed by atoms with Gasteiger partial charge in [-0.1, -0.05) is 18.2 Å². The zero-order valence-electron chi connectivity index (χ0n) is 15.7. The number of benzene rings is 1. The van der Waals surface area contributed by atoms with Crippen LogP contribution in [0.3, 0.4) is 0 Å². The van der Waals surface area contributed by atoms with Gasteiger partial charge in [0.2, 0.25) is 10.0 Å². The predicted octanol–water partition coefficient (Wildman–Crippen LogP) is 0.971. The third-order valence-corrected chi connectivity index (χ3v) is 5.83. The van der Waals surface area contributed by atoms with Crippen LogP contribution in [0.25, 0.3) is 0 Å². The molecule has 1 heterocycles. The largest absolute Gasteiger partial charge is 0.394 e. The average molecular weight is 400 g/mol. The molecule has 1 aliphatic heterocycles. The molecule has 1 aromatic carbocycles. The highest BCUT2D eigenvalue weighted by molar-refractivity contribution is 7.89. The molecule has 0 bridgehead atoms. The third-order valence-electron chi connectivity index (χ3n) is 4.33. The van der Waals surface area contributed by atoms with Gasteiger partial charge in [-0.2, -0.15) is 0 Å². The third kappa shape index (κ3) is 6.76. The number of rotatable bonds is 8. The normalized spacial score (nSPS) is 23.2. The Labute approximate surface area is 160 Å². The van der Waals surface area contributed by atoms with Crippen LogP contribution in [0.4, 0.5) is 4.79 Å². The van der Waals surface area contributed by atoms with Gasteiger partial charge in [-0.15, -0.1) is 0 Å². The summed E-state index contributed by atoms with van der Waals surface area (Å²) >= 11 is 0. The molecule has 0 aromatic heterocycles. The lowest BCUT2D eigenvalue weighted by Crippen LogP contribution is -2.51. The van der Waals surface area contributed by atoms with Crippen molar-refractivity contribution in [2.75, 3.05) is 13.2 Å². The van der Waals surface area contributed by atoms with Crippen LogP contribution in [-0.4, -0.2) is 57.0 Å². The van der Waals surface area contributed by atoms with E-state index in [2.05, 4.69) is 15.4 Å². The number of hydrogen-bond acceptors (Lipinski definition) is 5. The van der Waals surface area contributed by atoms with Gasteiger partial charge in [0.05, 0.1) is 29.8 Å². The van der Waals surface area contributed by atoms with Crippen molar-refractivity contribution in [3.8, 4) is 0 Å². The van der Waals surface area contributed by atoms with Crippen LogP contribution in [0.2, 0.25) is 0 Å². The summed E-state index contributed by atoms with van der Waals surface area (Å²) in [5.74, 6) is 0. The lowest BCUT2D eigenvalue weighted by molar-refractivity contribution is -0.0871. The molecule has 152 valence electrons. The summed E-state index contributed by atoms with van der Waals surface area (Å²) in [5, 5.41) is 15.1. The lowest BCUT2D eigenvalue weighted by atomic mass is 9.98. The molecular formula is C18H29N3O5S. The molecule has 0 aliphatic carbocycles. The second-order valence-electron chi connectivity index (χ2n) is 6.94. The molecule has 1 aromatic rings. The molecule has 1 aliphatic rings. The van der Waals surface area contributed by atoms with Gasteiger partial charge in [-0.05, 0) is 45.2 Å². The highest BCUT2D eigenvalue weighted by atomic mass is 32.2. The topological polar surface area (TPSA) is 117 Å². The summed E-state index contributed by atoms with van der Waals surface area (Å²) in [7, 11) is -3.67. The first-order valence-corrected chi connectivity index (χ1v) is 10.7. The van der Waals surface area contributed by atoms with Gasteiger partial charge in [0.1, 0.15) is 0 Å². The van der Waals surface area contributed by atoms with Crippen LogP contribution >= 0.6 is 0 Å². The Morgan fingerprint density at radius 3 is 2.59 bits per heavy atom. The number of sulfonamides is 1. The first-order valence-electron chi connectivity index (χ1n) is 9.20. The van der Waals surface area contributed by atoms with Crippen molar-refractivity contribution in [3.05, 3.63) is 30.3 Å². The minimum Gasteiger partial charge on any atom is -0.394 e. The van der Waals surface area contributed by atoms with Gasteiger partial charge in [0.15, 0.2) is 0 Å². The molecule has 0 radical (unpaired) electrons. The Bertz CT molecular complexity index is 696. The number of aliphatic hydroxyl groups is 1. The van der Waals surface area contributed by atoms with Gasteiger partial charge < -0.3 is 20.5 Å². The summed E-state index contributed by atoms with van der Waals surface area (Å²) < 4.78 is 33.4. The maximum atomic E-state index is 12.5. The Morgan fingerprint density at radius 1 is 1.26 bits per heavy atom. The molecule has 9 heteroatoms. The second-order valence-corrected chi connectivity index (χ2v) is 8.65. The van der Waals surface area contributed by atoms with E-state index in [1.54, 1.807) is 18.2 Å². The number of nitrogens with one attached hydrogen (secondary N) is 3. The fraction of sp³-hybridized carbons (Fsp3) is 0.611. The predicted molar refractivity (Wildman–Crippen MR) is 102 cm³/mol. The van der Waals surface area contributed by atoms with E-state index >= 15 is 0 Å². The van der Waals surface area contributed by atoms with Crippen LogP contribution in [0.15, 0.2) is 35.2 Å². The summed E-state index contributed by atoms with van der Waals surface area (Å²) in [5.41, 5.74) is 0. The number of carbonyl (C=O) groups excluding carboxylic acids is 1. The Kier molecular flexibility index (Phi) is 8.03. The maximum absolute atomic E-state index is 12.5. The van der Waals surface area contributed by atoms with Crippen LogP contribution in [-0.2, 0) is 14.8 Å². The first kappa shape index (κ1) is 21.6. The molecule has 4 N–H and O–H groups in total. The highest BCUT2D eigenvalue weighted by Gasteiger charge is 2.33. The van der Waals surface area contributed by atoms with Crippen LogP contribution in [0.5, 0.6) is 0 Å². The Morgan fingerprint density at radius 2 is 1.96 bits per heavy atom. The molecular weight excluding hydrogens is 370 g/mol. The smallest absolute Gasteiger partial charge is 0.314 e. The Balaban J connectivity index is 1.85. The summed E-state index contributed by atoms with van der Waals surface area (Å²) in [6.45, 7) is 3.93. The summed E-state index contributed by atoms with van der Waals surface area (Å²) in [6.07, 6.45) is 1.04. The van der Waals surface area contributed by atoms with Gasteiger partial charge >= 0.3 is 6.03 Å². The zero-order valence-corrected chi connectivity index (χ0v) is 16.5. The fourth-order valence-corrected chi connectivity index (χ4v) is 4.33. The van der Waals surface area contributed by atoms with Gasteiger partial charge in [-0.25, -0.2) is 17.9 Å². The van der Waals surface area contributed by atoms with Crippen molar-refractivity contribution in [1.82, 2.24) is 15.4 Å². The summed E-state index contributed by atoms with van der Waals surface area (Å²) in [6, 6.07) is 7.46. The molecule has 1 saturated heterocycles. The first-order chi connectivity index (χ1) is 12.8. The number of carbonyl (C=O) groups is 1. The molecule has 1 fully saturated rings. The molecule has 0 spiro atoms. The second kappa shape index (κ2) is 10.0. The molecule has 3 atom stereocenters. The quantitative estimate of drug-likeness (QED) is 0.520. The van der Waals surface area contributed by atoms with Crippen LogP contribution in [0.1, 0.15) is 33.1 Å². The van der Waals surface area contributed by atoms with Crippen LogP contribution in [0, 0.1) is 0 Å². The van der Waals surface area contributed by atoms with E-state index in [1.165, 1.54) is 12.1 Å². The Hall–Kier alpha value is -1.68. The van der Waals surface area contributed by atoms with Crippen molar-refractivity contribution in [2.24, 2.45) is 0 Å². The van der Waals surface area contributed by atoms with E-state index in [0.29, 0.717) is 25.8 Å². The van der Waals surface area contributed by atoms with Crippen LogP contribution < -0.4 is 15.4 Å². The molecule has 0 saturated carbocycles. The number of aliphatic hydroxyl groups excluding tert-OH is 1. The van der Waals surface area contributed by atoms with E-state index in [-0.39, 0.29) is 29.7 Å². The number of urea groups is 1. The zero-order chi connectivity index (χ0) is 19.9. The minimum absolute atomic E-state index is 0.0631. The lowest BCUT2D eigenvalue weighted by Gasteiger charge is -2.36. The van der Waals surface area contributed by atoms with E-state index in [0.717, 1.165) is 0 Å². The number of hydrogen-bond donors (Lipinski definition) is 4. The van der Waals surface area contributed by atoms with Crippen molar-refractivity contribution in [2.45, 2.75) is 62.3 Å². The van der Waals surface area contributed by atoms with Crippen molar-refractivity contribution < 1.29 is 23.1 Å². The average Bonchev–Trinajstić information content (AvgIpc) is 2.62. The SMILES string of the molecule is CC(C)NC(=O)NCC[C@@H]1CC[C@H](NS(=O)(=O)c2ccccc2)[C@H](CO)O1. The van der Waals surface area contributed by atoms with Gasteiger partial charge in [0, 0.05) is 12.6 Å². The maximum Gasteiger partial charge on any atom is 0.314 e.